The number of nitrogens with zero attached hydrogens (tertiary/aromatic N) is 4. The van der Waals surface area contributed by atoms with E-state index in [2.05, 4.69) is 26.9 Å². The molecule has 1 atom stereocenters. The molecule has 1 heterocycles. The van der Waals surface area contributed by atoms with Crippen molar-refractivity contribution in [3.63, 3.8) is 0 Å². The number of aromatic nitrogens is 4. The molecular weight excluding hydrogens is 374 g/mol. The average Bonchev–Trinajstić information content (AvgIpc) is 3.17. The standard InChI is InChI=1S/C20H27N5O2S/c1-3-27-18-12-8-7-11-17(18)25-20(22-23-24-25)28-15(2)19(26)21-14-13-16-9-5-4-6-10-16/h7-9,11-12,15H,3-6,10,13-14H2,1-2H3,(H,21,26). The summed E-state index contributed by atoms with van der Waals surface area (Å²) >= 11 is 1.34. The SMILES string of the molecule is CCOc1ccccc1-n1nnnc1SC(C)C(=O)NCCC1=CCCCC1. The lowest BCUT2D eigenvalue weighted by Gasteiger charge is -2.15. The maximum absolute atomic E-state index is 12.5. The highest BCUT2D eigenvalue weighted by Crippen LogP contribution is 2.28. The van der Waals surface area contributed by atoms with Crippen molar-refractivity contribution in [1.29, 1.82) is 0 Å². The lowest BCUT2D eigenvalue weighted by Crippen LogP contribution is -2.32. The van der Waals surface area contributed by atoms with Crippen LogP contribution < -0.4 is 10.1 Å². The van der Waals surface area contributed by atoms with Crippen molar-refractivity contribution in [2.24, 2.45) is 0 Å². The number of rotatable bonds is 9. The summed E-state index contributed by atoms with van der Waals surface area (Å²) in [5, 5.41) is 15.2. The van der Waals surface area contributed by atoms with Gasteiger partial charge in [0.15, 0.2) is 0 Å². The summed E-state index contributed by atoms with van der Waals surface area (Å²) in [5.41, 5.74) is 2.22. The number of carbonyl (C=O) groups is 1. The second kappa shape index (κ2) is 10.3. The summed E-state index contributed by atoms with van der Waals surface area (Å²) in [7, 11) is 0. The van der Waals surface area contributed by atoms with Crippen molar-refractivity contribution in [1.82, 2.24) is 25.5 Å². The molecule has 3 rings (SSSR count). The fraction of sp³-hybridized carbons (Fsp3) is 0.500. The van der Waals surface area contributed by atoms with Gasteiger partial charge in [-0.05, 0) is 68.5 Å². The first-order valence-electron chi connectivity index (χ1n) is 9.82. The number of tetrazole rings is 1. The second-order valence-electron chi connectivity index (χ2n) is 6.68. The van der Waals surface area contributed by atoms with Crippen LogP contribution in [0.4, 0.5) is 0 Å². The van der Waals surface area contributed by atoms with Crippen LogP contribution in [0.3, 0.4) is 0 Å². The quantitative estimate of drug-likeness (QED) is 0.511. The predicted molar refractivity (Wildman–Crippen MR) is 110 cm³/mol. The molecule has 150 valence electrons. The number of hydrogen-bond acceptors (Lipinski definition) is 6. The van der Waals surface area contributed by atoms with Gasteiger partial charge in [-0.25, -0.2) is 0 Å². The lowest BCUT2D eigenvalue weighted by molar-refractivity contribution is -0.120. The zero-order valence-corrected chi connectivity index (χ0v) is 17.2. The summed E-state index contributed by atoms with van der Waals surface area (Å²) in [6, 6.07) is 7.59. The fourth-order valence-electron chi connectivity index (χ4n) is 3.15. The van der Waals surface area contributed by atoms with E-state index in [0.29, 0.717) is 24.1 Å². The molecule has 0 aliphatic heterocycles. The Balaban J connectivity index is 1.59. The molecule has 28 heavy (non-hydrogen) atoms. The molecule has 7 nitrogen and oxygen atoms in total. The topological polar surface area (TPSA) is 81.9 Å². The number of amides is 1. The maximum Gasteiger partial charge on any atom is 0.233 e. The van der Waals surface area contributed by atoms with Crippen LogP contribution in [-0.4, -0.2) is 44.5 Å². The van der Waals surface area contributed by atoms with Gasteiger partial charge in [0.2, 0.25) is 11.1 Å². The second-order valence-corrected chi connectivity index (χ2v) is 7.99. The van der Waals surface area contributed by atoms with Gasteiger partial charge in [0, 0.05) is 6.54 Å². The van der Waals surface area contributed by atoms with E-state index in [9.17, 15) is 4.79 Å². The normalized spacial score (nSPS) is 15.0. The smallest absolute Gasteiger partial charge is 0.233 e. The van der Waals surface area contributed by atoms with Crippen LogP contribution in [0.5, 0.6) is 5.75 Å². The molecule has 1 aromatic heterocycles. The zero-order chi connectivity index (χ0) is 19.8. The molecule has 1 amide bonds. The molecular formula is C20H27N5O2S. The summed E-state index contributed by atoms with van der Waals surface area (Å²) in [5.74, 6) is 0.700. The maximum atomic E-state index is 12.5. The Bertz CT molecular complexity index is 820. The first kappa shape index (κ1) is 20.4. The third-order valence-corrected chi connectivity index (χ3v) is 5.65. The molecule has 0 radical (unpaired) electrons. The van der Waals surface area contributed by atoms with Crippen LogP contribution in [0.15, 0.2) is 41.1 Å². The molecule has 1 aliphatic rings. The molecule has 0 saturated heterocycles. The minimum atomic E-state index is -0.302. The van der Waals surface area contributed by atoms with Crippen molar-refractivity contribution >= 4 is 17.7 Å². The number of hydrogen-bond donors (Lipinski definition) is 1. The first-order valence-corrected chi connectivity index (χ1v) is 10.7. The number of ether oxygens (including phenoxy) is 1. The molecule has 2 aromatic rings. The Morgan fingerprint density at radius 3 is 3.00 bits per heavy atom. The Morgan fingerprint density at radius 1 is 1.36 bits per heavy atom. The van der Waals surface area contributed by atoms with E-state index in [-0.39, 0.29) is 11.2 Å². The zero-order valence-electron chi connectivity index (χ0n) is 16.4. The van der Waals surface area contributed by atoms with E-state index in [1.165, 1.54) is 36.6 Å². The van der Waals surface area contributed by atoms with Gasteiger partial charge in [-0.2, -0.15) is 4.68 Å². The Kier molecular flexibility index (Phi) is 7.47. The summed E-state index contributed by atoms with van der Waals surface area (Å²) in [6.07, 6.45) is 8.12. The van der Waals surface area contributed by atoms with Gasteiger partial charge in [-0.15, -0.1) is 5.10 Å². The van der Waals surface area contributed by atoms with Crippen molar-refractivity contribution < 1.29 is 9.53 Å². The van der Waals surface area contributed by atoms with Crippen molar-refractivity contribution in [3.8, 4) is 11.4 Å². The molecule has 1 N–H and O–H groups in total. The predicted octanol–water partition coefficient (Wildman–Crippen LogP) is 3.55. The van der Waals surface area contributed by atoms with Crippen molar-refractivity contribution in [2.45, 2.75) is 56.4 Å². The Hall–Kier alpha value is -2.35. The average molecular weight is 402 g/mol. The summed E-state index contributed by atoms with van der Waals surface area (Å²) < 4.78 is 7.29. The minimum absolute atomic E-state index is 0.00551. The van der Waals surface area contributed by atoms with E-state index < -0.39 is 0 Å². The molecule has 8 heteroatoms. The fourth-order valence-corrected chi connectivity index (χ4v) is 3.97. The molecule has 0 bridgehead atoms. The third kappa shape index (κ3) is 5.34. The van der Waals surface area contributed by atoms with Crippen LogP contribution in [0.2, 0.25) is 0 Å². The van der Waals surface area contributed by atoms with Crippen LogP contribution in [0, 0.1) is 0 Å². The molecule has 1 aromatic carbocycles. The monoisotopic (exact) mass is 401 g/mol. The highest BCUT2D eigenvalue weighted by Gasteiger charge is 2.20. The molecule has 1 unspecified atom stereocenters. The minimum Gasteiger partial charge on any atom is -0.492 e. The first-order chi connectivity index (χ1) is 13.7. The van der Waals surface area contributed by atoms with Gasteiger partial charge >= 0.3 is 0 Å². The van der Waals surface area contributed by atoms with Gasteiger partial charge in [0.1, 0.15) is 11.4 Å². The number of para-hydroxylation sites is 2. The molecule has 0 spiro atoms. The number of nitrogens with one attached hydrogen (secondary N) is 1. The molecule has 0 fully saturated rings. The molecule has 1 aliphatic carbocycles. The van der Waals surface area contributed by atoms with Crippen LogP contribution in [0.1, 0.15) is 46.0 Å². The Morgan fingerprint density at radius 2 is 2.21 bits per heavy atom. The van der Waals surface area contributed by atoms with E-state index in [1.807, 2.05) is 38.1 Å². The number of allylic oxidation sites excluding steroid dienone is 1. The van der Waals surface area contributed by atoms with Gasteiger partial charge in [0.05, 0.1) is 11.9 Å². The van der Waals surface area contributed by atoms with Crippen LogP contribution in [0.25, 0.3) is 5.69 Å². The van der Waals surface area contributed by atoms with Gasteiger partial charge < -0.3 is 10.1 Å². The number of carbonyl (C=O) groups excluding carboxylic acids is 1. The Labute approximate surface area is 169 Å². The summed E-state index contributed by atoms with van der Waals surface area (Å²) in [4.78, 5) is 12.5. The van der Waals surface area contributed by atoms with Gasteiger partial charge in [-0.1, -0.05) is 35.5 Å². The van der Waals surface area contributed by atoms with Crippen LogP contribution >= 0.6 is 11.8 Å². The van der Waals surface area contributed by atoms with E-state index >= 15 is 0 Å². The van der Waals surface area contributed by atoms with E-state index in [4.69, 9.17) is 4.74 Å². The lowest BCUT2D eigenvalue weighted by atomic mass is 9.97. The van der Waals surface area contributed by atoms with Gasteiger partial charge in [-0.3, -0.25) is 4.79 Å². The number of benzene rings is 1. The summed E-state index contributed by atoms with van der Waals surface area (Å²) in [6.45, 7) is 5.03. The highest BCUT2D eigenvalue weighted by atomic mass is 32.2. The number of thioether (sulfide) groups is 1. The van der Waals surface area contributed by atoms with Gasteiger partial charge in [0.25, 0.3) is 0 Å². The highest BCUT2D eigenvalue weighted by molar-refractivity contribution is 8.00. The van der Waals surface area contributed by atoms with Crippen molar-refractivity contribution in [3.05, 3.63) is 35.9 Å². The van der Waals surface area contributed by atoms with E-state index in [1.54, 1.807) is 4.68 Å². The molecule has 0 saturated carbocycles. The van der Waals surface area contributed by atoms with Crippen molar-refractivity contribution in [2.75, 3.05) is 13.2 Å². The third-order valence-electron chi connectivity index (χ3n) is 4.62. The van der Waals surface area contributed by atoms with E-state index in [0.717, 1.165) is 18.5 Å². The largest absolute Gasteiger partial charge is 0.492 e. The van der Waals surface area contributed by atoms with Crippen LogP contribution in [-0.2, 0) is 4.79 Å².